The van der Waals surface area contributed by atoms with Gasteiger partial charge in [-0.1, -0.05) is 0 Å². The highest BCUT2D eigenvalue weighted by atomic mass is 15.3. The standard InChI is InChI=1S/C9H15N5/c1-3-14(6-4-5-10)9-8(11)7-13(2)12-9/h7H,3-4,6,11H2,1-2H3. The second kappa shape index (κ2) is 4.51. The zero-order valence-electron chi connectivity index (χ0n) is 8.56. The van der Waals surface area contributed by atoms with Crippen molar-refractivity contribution in [1.82, 2.24) is 9.78 Å². The third-order valence-electron chi connectivity index (χ3n) is 2.01. The highest BCUT2D eigenvalue weighted by Gasteiger charge is 2.11. The van der Waals surface area contributed by atoms with Gasteiger partial charge in [0.25, 0.3) is 0 Å². The van der Waals surface area contributed by atoms with E-state index in [1.165, 1.54) is 0 Å². The summed E-state index contributed by atoms with van der Waals surface area (Å²) in [6.45, 7) is 3.50. The van der Waals surface area contributed by atoms with Crippen molar-refractivity contribution in [2.45, 2.75) is 13.3 Å². The normalized spacial score (nSPS) is 9.79. The molecule has 0 fully saturated rings. The van der Waals surface area contributed by atoms with Gasteiger partial charge in [0.2, 0.25) is 0 Å². The van der Waals surface area contributed by atoms with Crippen LogP contribution in [-0.2, 0) is 7.05 Å². The zero-order valence-corrected chi connectivity index (χ0v) is 8.56. The van der Waals surface area contributed by atoms with Crippen molar-refractivity contribution in [2.24, 2.45) is 7.05 Å². The molecule has 5 heteroatoms. The van der Waals surface area contributed by atoms with E-state index in [-0.39, 0.29) is 0 Å². The number of anilines is 2. The van der Waals surface area contributed by atoms with Gasteiger partial charge >= 0.3 is 0 Å². The molecule has 0 spiro atoms. The Labute approximate surface area is 83.7 Å². The molecule has 76 valence electrons. The van der Waals surface area contributed by atoms with Crippen molar-refractivity contribution < 1.29 is 0 Å². The van der Waals surface area contributed by atoms with Gasteiger partial charge in [-0.25, -0.2) is 0 Å². The number of aromatic nitrogens is 2. The van der Waals surface area contributed by atoms with Crippen LogP contribution in [0, 0.1) is 11.3 Å². The van der Waals surface area contributed by atoms with Crippen molar-refractivity contribution in [3.63, 3.8) is 0 Å². The van der Waals surface area contributed by atoms with Crippen molar-refractivity contribution in [3.8, 4) is 6.07 Å². The van der Waals surface area contributed by atoms with E-state index < -0.39 is 0 Å². The Hall–Kier alpha value is -1.70. The third kappa shape index (κ3) is 2.16. The number of aryl methyl sites for hydroxylation is 1. The van der Waals surface area contributed by atoms with E-state index in [4.69, 9.17) is 11.0 Å². The molecule has 1 heterocycles. The van der Waals surface area contributed by atoms with Gasteiger partial charge in [-0.2, -0.15) is 10.4 Å². The van der Waals surface area contributed by atoms with Gasteiger partial charge < -0.3 is 10.6 Å². The quantitative estimate of drug-likeness (QED) is 0.765. The van der Waals surface area contributed by atoms with Gasteiger partial charge in [-0.3, -0.25) is 4.68 Å². The van der Waals surface area contributed by atoms with Crippen LogP contribution in [0.4, 0.5) is 11.5 Å². The highest BCUT2D eigenvalue weighted by molar-refractivity contribution is 5.61. The Balaban J connectivity index is 2.79. The molecule has 0 aliphatic rings. The van der Waals surface area contributed by atoms with Gasteiger partial charge in [0.05, 0.1) is 18.2 Å². The predicted molar refractivity (Wildman–Crippen MR) is 55.7 cm³/mol. The lowest BCUT2D eigenvalue weighted by molar-refractivity contribution is 0.737. The van der Waals surface area contributed by atoms with Gasteiger partial charge in [0.1, 0.15) is 0 Å². The van der Waals surface area contributed by atoms with Crippen molar-refractivity contribution in [3.05, 3.63) is 6.20 Å². The van der Waals surface area contributed by atoms with Crippen LogP contribution in [0.3, 0.4) is 0 Å². The summed E-state index contributed by atoms with van der Waals surface area (Å²) >= 11 is 0. The van der Waals surface area contributed by atoms with Crippen LogP contribution in [0.2, 0.25) is 0 Å². The molecule has 0 bridgehead atoms. The molecule has 1 aromatic rings. The van der Waals surface area contributed by atoms with E-state index in [1.54, 1.807) is 10.9 Å². The minimum absolute atomic E-state index is 0.490. The Morgan fingerprint density at radius 2 is 2.43 bits per heavy atom. The summed E-state index contributed by atoms with van der Waals surface area (Å²) in [4.78, 5) is 2.00. The topological polar surface area (TPSA) is 70.9 Å². The van der Waals surface area contributed by atoms with Gasteiger partial charge in [0, 0.05) is 26.3 Å². The summed E-state index contributed by atoms with van der Waals surface area (Å²) in [5, 5.41) is 12.7. The van der Waals surface area contributed by atoms with Gasteiger partial charge in [-0.15, -0.1) is 0 Å². The molecule has 0 aromatic carbocycles. The maximum atomic E-state index is 8.50. The maximum Gasteiger partial charge on any atom is 0.173 e. The smallest absolute Gasteiger partial charge is 0.173 e. The largest absolute Gasteiger partial charge is 0.394 e. The fourth-order valence-corrected chi connectivity index (χ4v) is 1.34. The summed E-state index contributed by atoms with van der Waals surface area (Å²) in [6, 6.07) is 2.11. The molecule has 0 amide bonds. The molecule has 0 atom stereocenters. The predicted octanol–water partition coefficient (Wildman–Crippen LogP) is 0.742. The Bertz CT molecular complexity index is 335. The molecule has 0 saturated heterocycles. The highest BCUT2D eigenvalue weighted by Crippen LogP contribution is 2.19. The van der Waals surface area contributed by atoms with Crippen LogP contribution >= 0.6 is 0 Å². The van der Waals surface area contributed by atoms with Crippen molar-refractivity contribution in [2.75, 3.05) is 23.7 Å². The van der Waals surface area contributed by atoms with Gasteiger partial charge in [0.15, 0.2) is 5.82 Å². The van der Waals surface area contributed by atoms with Crippen molar-refractivity contribution >= 4 is 11.5 Å². The molecule has 5 nitrogen and oxygen atoms in total. The molecule has 1 aromatic heterocycles. The van der Waals surface area contributed by atoms with E-state index in [0.717, 1.165) is 12.4 Å². The SMILES string of the molecule is CCN(CCC#N)c1nn(C)cc1N. The summed E-state index contributed by atoms with van der Waals surface area (Å²) in [7, 11) is 1.83. The summed E-state index contributed by atoms with van der Waals surface area (Å²) in [6.07, 6.45) is 2.26. The molecular formula is C9H15N5. The monoisotopic (exact) mass is 193 g/mol. The van der Waals surface area contributed by atoms with E-state index >= 15 is 0 Å². The van der Waals surface area contributed by atoms with E-state index in [2.05, 4.69) is 11.2 Å². The lowest BCUT2D eigenvalue weighted by Gasteiger charge is -2.19. The fourth-order valence-electron chi connectivity index (χ4n) is 1.34. The number of nitrogens with zero attached hydrogens (tertiary/aromatic N) is 4. The molecule has 0 unspecified atom stereocenters. The van der Waals surface area contributed by atoms with Gasteiger partial charge in [-0.05, 0) is 6.92 Å². The van der Waals surface area contributed by atoms with Crippen LogP contribution < -0.4 is 10.6 Å². The summed E-state index contributed by atoms with van der Waals surface area (Å²) in [5.41, 5.74) is 6.44. The summed E-state index contributed by atoms with van der Waals surface area (Å²) in [5.74, 6) is 0.769. The van der Waals surface area contributed by atoms with Crippen LogP contribution in [0.5, 0.6) is 0 Å². The maximum absolute atomic E-state index is 8.50. The first-order chi connectivity index (χ1) is 6.69. The minimum Gasteiger partial charge on any atom is -0.394 e. The first-order valence-corrected chi connectivity index (χ1v) is 4.60. The van der Waals surface area contributed by atoms with Crippen LogP contribution in [-0.4, -0.2) is 22.9 Å². The number of nitrogen functional groups attached to an aromatic ring is 1. The Kier molecular flexibility index (Phi) is 3.35. The van der Waals surface area contributed by atoms with Crippen LogP contribution in [0.1, 0.15) is 13.3 Å². The first-order valence-electron chi connectivity index (χ1n) is 4.60. The van der Waals surface area contributed by atoms with E-state index in [0.29, 0.717) is 18.7 Å². The van der Waals surface area contributed by atoms with Crippen LogP contribution in [0.25, 0.3) is 0 Å². The lowest BCUT2D eigenvalue weighted by Crippen LogP contribution is -2.25. The second-order valence-electron chi connectivity index (χ2n) is 3.07. The minimum atomic E-state index is 0.490. The molecule has 0 aliphatic heterocycles. The molecule has 0 radical (unpaired) electrons. The molecule has 1 rings (SSSR count). The van der Waals surface area contributed by atoms with Crippen molar-refractivity contribution in [1.29, 1.82) is 5.26 Å². The fraction of sp³-hybridized carbons (Fsp3) is 0.556. The molecular weight excluding hydrogens is 178 g/mol. The number of nitrogens with two attached hydrogens (primary N) is 1. The number of rotatable bonds is 4. The Morgan fingerprint density at radius 3 is 2.86 bits per heavy atom. The number of hydrogen-bond acceptors (Lipinski definition) is 4. The van der Waals surface area contributed by atoms with Crippen LogP contribution in [0.15, 0.2) is 6.20 Å². The number of hydrogen-bond donors (Lipinski definition) is 1. The molecule has 0 aliphatic carbocycles. The number of nitriles is 1. The van der Waals surface area contributed by atoms with E-state index in [9.17, 15) is 0 Å². The Morgan fingerprint density at radius 1 is 1.71 bits per heavy atom. The molecule has 14 heavy (non-hydrogen) atoms. The first kappa shape index (κ1) is 10.4. The lowest BCUT2D eigenvalue weighted by atomic mass is 10.4. The second-order valence-corrected chi connectivity index (χ2v) is 3.07. The molecule has 0 saturated carbocycles. The average molecular weight is 193 g/mol. The zero-order chi connectivity index (χ0) is 10.6. The average Bonchev–Trinajstić information content (AvgIpc) is 2.47. The van der Waals surface area contributed by atoms with E-state index in [1.807, 2.05) is 18.9 Å². The molecule has 2 N–H and O–H groups in total. The summed E-state index contributed by atoms with van der Waals surface area (Å²) < 4.78 is 1.68. The third-order valence-corrected chi connectivity index (χ3v) is 2.01.